The highest BCUT2D eigenvalue weighted by atomic mass is 16.5. The minimum Gasteiger partial charge on any atom is -0.426 e. The van der Waals surface area contributed by atoms with E-state index in [1.54, 1.807) is 48.5 Å². The largest absolute Gasteiger partial charge is 0.426 e. The number of Topliss-reactive ketones (excluding diaryl/α,β-unsaturated/α-hetero) is 1. The molecule has 0 saturated carbocycles. The lowest BCUT2D eigenvalue weighted by Gasteiger charge is -2.11. The predicted molar refractivity (Wildman–Crippen MR) is 180 cm³/mol. The van der Waals surface area contributed by atoms with E-state index in [4.69, 9.17) is 14.2 Å². The molecular weight excluding hydrogens is 564 g/mol. The number of carbonyl (C=O) groups excluding carboxylic acids is 3. The van der Waals surface area contributed by atoms with Gasteiger partial charge >= 0.3 is 11.9 Å². The number of hydrogen-bond donors (Lipinski definition) is 0. The van der Waals surface area contributed by atoms with Crippen molar-refractivity contribution in [1.29, 1.82) is 0 Å². The molecule has 242 valence electrons. The normalized spacial score (nSPS) is 11.6. The van der Waals surface area contributed by atoms with Crippen LogP contribution in [0.15, 0.2) is 72.8 Å². The number of hydrogen-bond acceptors (Lipinski definition) is 6. The van der Waals surface area contributed by atoms with E-state index in [-0.39, 0.29) is 24.1 Å². The van der Waals surface area contributed by atoms with Crippen molar-refractivity contribution < 1.29 is 28.6 Å². The minimum atomic E-state index is -0.469. The van der Waals surface area contributed by atoms with Gasteiger partial charge in [-0.25, -0.2) is 4.79 Å². The molecule has 6 heteroatoms. The van der Waals surface area contributed by atoms with Gasteiger partial charge in [0.05, 0.1) is 18.6 Å². The van der Waals surface area contributed by atoms with Gasteiger partial charge in [-0.1, -0.05) is 103 Å². The summed E-state index contributed by atoms with van der Waals surface area (Å²) in [4.78, 5) is 37.6. The topological polar surface area (TPSA) is 78.9 Å². The second-order valence-corrected chi connectivity index (χ2v) is 11.7. The first kappa shape index (κ1) is 35.7. The van der Waals surface area contributed by atoms with Gasteiger partial charge in [0.1, 0.15) is 11.5 Å². The summed E-state index contributed by atoms with van der Waals surface area (Å²) in [7, 11) is 0. The number of unbranched alkanes of at least 4 members (excludes halogenated alkanes) is 8. The maximum atomic E-state index is 12.7. The molecule has 3 rings (SSSR count). The Morgan fingerprint density at radius 2 is 1.09 bits per heavy atom. The van der Waals surface area contributed by atoms with Crippen LogP contribution >= 0.6 is 0 Å². The zero-order valence-corrected chi connectivity index (χ0v) is 27.4. The van der Waals surface area contributed by atoms with E-state index < -0.39 is 5.97 Å². The molecule has 0 N–H and O–H groups in total. The summed E-state index contributed by atoms with van der Waals surface area (Å²) in [5.41, 5.74) is 2.90. The number of ketones is 1. The Balaban J connectivity index is 1.41. The van der Waals surface area contributed by atoms with Crippen molar-refractivity contribution in [3.8, 4) is 22.6 Å². The molecular formula is C39H50O6. The zero-order valence-electron chi connectivity index (χ0n) is 27.4. The summed E-state index contributed by atoms with van der Waals surface area (Å²) < 4.78 is 16.6. The van der Waals surface area contributed by atoms with Crippen molar-refractivity contribution in [3.63, 3.8) is 0 Å². The van der Waals surface area contributed by atoms with Crippen LogP contribution in [-0.4, -0.2) is 30.9 Å². The molecule has 0 aliphatic carbocycles. The van der Waals surface area contributed by atoms with Crippen LogP contribution in [0.1, 0.15) is 119 Å². The van der Waals surface area contributed by atoms with Gasteiger partial charge < -0.3 is 14.2 Å². The van der Waals surface area contributed by atoms with E-state index in [2.05, 4.69) is 13.8 Å². The van der Waals surface area contributed by atoms with Crippen molar-refractivity contribution in [2.45, 2.75) is 97.8 Å². The highest BCUT2D eigenvalue weighted by Crippen LogP contribution is 2.24. The molecule has 3 aromatic rings. The third kappa shape index (κ3) is 13.0. The molecule has 0 fully saturated rings. The number of ether oxygens (including phenoxy) is 3. The Morgan fingerprint density at radius 1 is 0.578 bits per heavy atom. The summed E-state index contributed by atoms with van der Waals surface area (Å²) in [6.45, 7) is 7.41. The van der Waals surface area contributed by atoms with E-state index in [1.165, 1.54) is 44.9 Å². The van der Waals surface area contributed by atoms with Crippen LogP contribution < -0.4 is 9.47 Å². The molecule has 0 aliphatic rings. The van der Waals surface area contributed by atoms with Crippen LogP contribution in [0.4, 0.5) is 0 Å². The first-order valence-electron chi connectivity index (χ1n) is 16.8. The van der Waals surface area contributed by atoms with Gasteiger partial charge in [0.2, 0.25) is 0 Å². The van der Waals surface area contributed by atoms with Crippen LogP contribution in [0.5, 0.6) is 11.5 Å². The van der Waals surface area contributed by atoms with Crippen LogP contribution in [0.25, 0.3) is 11.1 Å². The van der Waals surface area contributed by atoms with Crippen molar-refractivity contribution in [2.24, 2.45) is 5.92 Å². The van der Waals surface area contributed by atoms with Crippen molar-refractivity contribution >= 4 is 17.7 Å². The number of benzene rings is 3. The van der Waals surface area contributed by atoms with Gasteiger partial charge in [0.15, 0.2) is 5.78 Å². The van der Waals surface area contributed by atoms with Crippen molar-refractivity contribution in [1.82, 2.24) is 0 Å². The molecule has 0 aliphatic heterocycles. The Labute approximate surface area is 269 Å². The highest BCUT2D eigenvalue weighted by Gasteiger charge is 2.16. The van der Waals surface area contributed by atoms with Crippen LogP contribution in [-0.2, 0) is 9.53 Å². The molecule has 45 heavy (non-hydrogen) atoms. The smallest absolute Gasteiger partial charge is 0.343 e. The Bertz CT molecular complexity index is 1290. The average molecular weight is 615 g/mol. The fourth-order valence-corrected chi connectivity index (χ4v) is 5.08. The maximum Gasteiger partial charge on any atom is 0.343 e. The lowest BCUT2D eigenvalue weighted by molar-refractivity contribution is -0.135. The van der Waals surface area contributed by atoms with Gasteiger partial charge in [0, 0.05) is 18.1 Å². The standard InChI is InChI=1S/C39H50O6/c1-4-6-8-10-11-13-28-43-29-27-37(40)44-35-23-19-32(20-24-35)31-15-17-34(18-16-31)39(42)45-36-25-21-33(22-26-36)38(41)30(3)14-12-9-7-5-2/h15-26,30H,4-14,27-29H2,1-3H3. The first-order chi connectivity index (χ1) is 21.9. The monoisotopic (exact) mass is 614 g/mol. The van der Waals surface area contributed by atoms with Crippen LogP contribution in [0.3, 0.4) is 0 Å². The van der Waals surface area contributed by atoms with E-state index >= 15 is 0 Å². The zero-order chi connectivity index (χ0) is 32.3. The molecule has 0 aromatic heterocycles. The van der Waals surface area contributed by atoms with E-state index in [0.29, 0.717) is 35.8 Å². The fraction of sp³-hybridized carbons (Fsp3) is 0.462. The quantitative estimate of drug-likeness (QED) is 0.0514. The van der Waals surface area contributed by atoms with E-state index in [0.717, 1.165) is 36.8 Å². The molecule has 1 unspecified atom stereocenters. The fourth-order valence-electron chi connectivity index (χ4n) is 5.08. The molecule has 1 atom stereocenters. The molecule has 0 saturated heterocycles. The summed E-state index contributed by atoms with van der Waals surface area (Å²) in [5, 5.41) is 0. The van der Waals surface area contributed by atoms with Gasteiger partial charge in [-0.05, 0) is 72.5 Å². The lowest BCUT2D eigenvalue weighted by Crippen LogP contribution is -2.12. The molecule has 6 nitrogen and oxygen atoms in total. The Kier molecular flexibility index (Phi) is 16.1. The summed E-state index contributed by atoms with van der Waals surface area (Å²) in [5.74, 6) is 0.185. The number of rotatable bonds is 21. The minimum absolute atomic E-state index is 0.0236. The summed E-state index contributed by atoms with van der Waals surface area (Å²) >= 11 is 0. The van der Waals surface area contributed by atoms with E-state index in [1.807, 2.05) is 31.2 Å². The molecule has 0 spiro atoms. The predicted octanol–water partition coefficient (Wildman–Crippen LogP) is 10.0. The van der Waals surface area contributed by atoms with Gasteiger partial charge in [-0.2, -0.15) is 0 Å². The third-order valence-corrected chi connectivity index (χ3v) is 7.92. The lowest BCUT2D eigenvalue weighted by atomic mass is 9.94. The first-order valence-corrected chi connectivity index (χ1v) is 16.8. The molecule has 0 radical (unpaired) electrons. The summed E-state index contributed by atoms with van der Waals surface area (Å²) in [6.07, 6.45) is 12.9. The Hall–Kier alpha value is -3.77. The maximum absolute atomic E-state index is 12.7. The van der Waals surface area contributed by atoms with Gasteiger partial charge in [-0.3, -0.25) is 9.59 Å². The SMILES string of the molecule is CCCCCCCCOCCC(=O)Oc1ccc(-c2ccc(C(=O)Oc3ccc(C(=O)C(C)CCCCCC)cc3)cc2)cc1. The number of esters is 2. The molecule has 0 bridgehead atoms. The second-order valence-electron chi connectivity index (χ2n) is 11.7. The summed E-state index contributed by atoms with van der Waals surface area (Å²) in [6, 6.07) is 21.2. The highest BCUT2D eigenvalue weighted by molar-refractivity contribution is 5.98. The van der Waals surface area contributed by atoms with Crippen LogP contribution in [0, 0.1) is 5.92 Å². The molecule has 3 aromatic carbocycles. The van der Waals surface area contributed by atoms with Crippen molar-refractivity contribution in [2.75, 3.05) is 13.2 Å². The molecule has 0 heterocycles. The van der Waals surface area contributed by atoms with Crippen molar-refractivity contribution in [3.05, 3.63) is 83.9 Å². The van der Waals surface area contributed by atoms with Gasteiger partial charge in [0.25, 0.3) is 0 Å². The average Bonchev–Trinajstić information content (AvgIpc) is 3.06. The Morgan fingerprint density at radius 3 is 1.73 bits per heavy atom. The number of carbonyl (C=O) groups is 3. The van der Waals surface area contributed by atoms with E-state index in [9.17, 15) is 14.4 Å². The van der Waals surface area contributed by atoms with Gasteiger partial charge in [-0.15, -0.1) is 0 Å². The van der Waals surface area contributed by atoms with Crippen LogP contribution in [0.2, 0.25) is 0 Å². The second kappa shape index (κ2) is 20.3. The molecule has 0 amide bonds. The third-order valence-electron chi connectivity index (χ3n) is 7.92.